The number of carbonyl (C=O) groups is 1. The highest BCUT2D eigenvalue weighted by Crippen LogP contribution is 2.16. The Kier molecular flexibility index (Phi) is 7.48. The van der Waals surface area contributed by atoms with E-state index in [4.69, 9.17) is 4.74 Å². The second-order valence-corrected chi connectivity index (χ2v) is 7.72. The molecule has 0 aliphatic carbocycles. The number of hydrogen-bond donors (Lipinski definition) is 2. The molecular weight excluding hydrogens is 363 g/mol. The first-order chi connectivity index (χ1) is 10.6. The maximum absolute atomic E-state index is 13.5. The van der Waals surface area contributed by atoms with Crippen molar-refractivity contribution in [1.82, 2.24) is 10.6 Å². The smallest absolute Gasteiger partial charge is 0.407 e. The van der Waals surface area contributed by atoms with Crippen LogP contribution in [0.25, 0.3) is 0 Å². The topological polar surface area (TPSA) is 50.4 Å². The van der Waals surface area contributed by atoms with Gasteiger partial charge in [0.05, 0.1) is 4.47 Å². The highest BCUT2D eigenvalue weighted by atomic mass is 79.9. The Morgan fingerprint density at radius 1 is 1.35 bits per heavy atom. The minimum atomic E-state index is -0.514. The largest absolute Gasteiger partial charge is 0.444 e. The molecule has 2 N–H and O–H groups in total. The maximum atomic E-state index is 13.5. The standard InChI is InChI=1S/C17H26BrFN2O2/c1-11(2)15(10-21-16(22)23-17(3,4)5)20-9-12-6-7-13(18)14(19)8-12/h6-8,11,15,20H,9-10H2,1-5H3,(H,21,22). The minimum absolute atomic E-state index is 0.0641. The van der Waals surface area contributed by atoms with E-state index in [1.54, 1.807) is 6.07 Å². The molecule has 0 aliphatic rings. The zero-order chi connectivity index (χ0) is 17.6. The maximum Gasteiger partial charge on any atom is 0.407 e. The van der Waals surface area contributed by atoms with Crippen LogP contribution in [0.5, 0.6) is 0 Å². The molecule has 130 valence electrons. The molecule has 0 heterocycles. The third kappa shape index (κ3) is 7.79. The van der Waals surface area contributed by atoms with Crippen LogP contribution in [0.1, 0.15) is 40.2 Å². The van der Waals surface area contributed by atoms with Gasteiger partial charge < -0.3 is 15.4 Å². The highest BCUT2D eigenvalue weighted by molar-refractivity contribution is 9.10. The van der Waals surface area contributed by atoms with Gasteiger partial charge >= 0.3 is 6.09 Å². The van der Waals surface area contributed by atoms with E-state index in [9.17, 15) is 9.18 Å². The molecule has 1 aromatic carbocycles. The summed E-state index contributed by atoms with van der Waals surface area (Å²) in [6.45, 7) is 10.6. The van der Waals surface area contributed by atoms with Gasteiger partial charge in [0.1, 0.15) is 11.4 Å². The summed E-state index contributed by atoms with van der Waals surface area (Å²) in [7, 11) is 0. The summed E-state index contributed by atoms with van der Waals surface area (Å²) in [4.78, 5) is 11.7. The lowest BCUT2D eigenvalue weighted by Crippen LogP contribution is -2.45. The summed E-state index contributed by atoms with van der Waals surface area (Å²) in [5.41, 5.74) is 0.341. The second kappa shape index (κ2) is 8.64. The molecule has 0 saturated carbocycles. The van der Waals surface area contributed by atoms with E-state index >= 15 is 0 Å². The fraction of sp³-hybridized carbons (Fsp3) is 0.588. The molecule has 6 heteroatoms. The second-order valence-electron chi connectivity index (χ2n) is 6.86. The van der Waals surface area contributed by atoms with Crippen molar-refractivity contribution in [3.05, 3.63) is 34.1 Å². The van der Waals surface area contributed by atoms with E-state index in [0.717, 1.165) is 5.56 Å². The minimum Gasteiger partial charge on any atom is -0.444 e. The zero-order valence-corrected chi connectivity index (χ0v) is 16.0. The first-order valence-corrected chi connectivity index (χ1v) is 8.52. The molecular formula is C17H26BrFN2O2. The van der Waals surface area contributed by atoms with Crippen molar-refractivity contribution >= 4 is 22.0 Å². The quantitative estimate of drug-likeness (QED) is 0.766. The summed E-state index contributed by atoms with van der Waals surface area (Å²) in [6, 6.07) is 5.11. The molecule has 1 aromatic rings. The fourth-order valence-electron chi connectivity index (χ4n) is 1.95. The molecule has 1 atom stereocenters. The average Bonchev–Trinajstić information content (AvgIpc) is 2.40. The van der Waals surface area contributed by atoms with Crippen LogP contribution in [0.4, 0.5) is 9.18 Å². The van der Waals surface area contributed by atoms with Crippen molar-refractivity contribution in [2.45, 2.75) is 52.8 Å². The number of benzene rings is 1. The molecule has 0 bridgehead atoms. The molecule has 0 fully saturated rings. The molecule has 0 spiro atoms. The lowest BCUT2D eigenvalue weighted by molar-refractivity contribution is 0.0519. The van der Waals surface area contributed by atoms with Gasteiger partial charge in [-0.1, -0.05) is 19.9 Å². The molecule has 0 aliphatic heterocycles. The van der Waals surface area contributed by atoms with Crippen LogP contribution in [0, 0.1) is 11.7 Å². The lowest BCUT2D eigenvalue weighted by atomic mass is 10.0. The summed E-state index contributed by atoms with van der Waals surface area (Å²) in [5, 5.41) is 6.12. The van der Waals surface area contributed by atoms with E-state index in [0.29, 0.717) is 23.5 Å². The number of alkyl carbamates (subject to hydrolysis) is 1. The average molecular weight is 389 g/mol. The number of rotatable bonds is 6. The van der Waals surface area contributed by atoms with E-state index in [-0.39, 0.29) is 11.9 Å². The van der Waals surface area contributed by atoms with Gasteiger partial charge in [-0.25, -0.2) is 9.18 Å². The van der Waals surface area contributed by atoms with Gasteiger partial charge in [0.15, 0.2) is 0 Å². The molecule has 4 nitrogen and oxygen atoms in total. The number of ether oxygens (including phenoxy) is 1. The van der Waals surface area contributed by atoms with Gasteiger partial charge in [0.2, 0.25) is 0 Å². The van der Waals surface area contributed by atoms with Crippen LogP contribution in [0.2, 0.25) is 0 Å². The van der Waals surface area contributed by atoms with Crippen LogP contribution < -0.4 is 10.6 Å². The number of nitrogens with one attached hydrogen (secondary N) is 2. The number of halogens is 2. The number of hydrogen-bond acceptors (Lipinski definition) is 3. The zero-order valence-electron chi connectivity index (χ0n) is 14.4. The predicted molar refractivity (Wildman–Crippen MR) is 93.8 cm³/mol. The first kappa shape index (κ1) is 19.9. The fourth-order valence-corrected chi connectivity index (χ4v) is 2.20. The normalized spacial score (nSPS) is 13.0. The van der Waals surface area contributed by atoms with Gasteiger partial charge in [0, 0.05) is 19.1 Å². The predicted octanol–water partition coefficient (Wildman–Crippen LogP) is 4.23. The van der Waals surface area contributed by atoms with Crippen molar-refractivity contribution in [3.8, 4) is 0 Å². The SMILES string of the molecule is CC(C)C(CNC(=O)OC(C)(C)C)NCc1ccc(Br)c(F)c1. The third-order valence-electron chi connectivity index (χ3n) is 3.22. The summed E-state index contributed by atoms with van der Waals surface area (Å²) >= 11 is 3.14. The first-order valence-electron chi connectivity index (χ1n) is 7.72. The van der Waals surface area contributed by atoms with Gasteiger partial charge in [0.25, 0.3) is 0 Å². The monoisotopic (exact) mass is 388 g/mol. The summed E-state index contributed by atoms with van der Waals surface area (Å²) in [6.07, 6.45) is -0.431. The van der Waals surface area contributed by atoms with Crippen LogP contribution in [-0.4, -0.2) is 24.3 Å². The van der Waals surface area contributed by atoms with Gasteiger partial charge in [-0.05, 0) is 60.3 Å². The van der Waals surface area contributed by atoms with Crippen LogP contribution in [0.3, 0.4) is 0 Å². The Morgan fingerprint density at radius 2 is 2.00 bits per heavy atom. The molecule has 0 saturated heterocycles. The highest BCUT2D eigenvalue weighted by Gasteiger charge is 2.18. The van der Waals surface area contributed by atoms with Crippen LogP contribution in [-0.2, 0) is 11.3 Å². The Morgan fingerprint density at radius 3 is 2.52 bits per heavy atom. The number of carbonyl (C=O) groups excluding carboxylic acids is 1. The van der Waals surface area contributed by atoms with Crippen LogP contribution >= 0.6 is 15.9 Å². The Hall–Kier alpha value is -1.14. The van der Waals surface area contributed by atoms with E-state index in [1.165, 1.54) is 6.07 Å². The molecule has 1 rings (SSSR count). The van der Waals surface area contributed by atoms with Crippen molar-refractivity contribution in [2.24, 2.45) is 5.92 Å². The molecule has 1 amide bonds. The Bertz CT molecular complexity index is 530. The third-order valence-corrected chi connectivity index (χ3v) is 3.87. The van der Waals surface area contributed by atoms with E-state index in [1.807, 2.05) is 26.8 Å². The molecule has 0 radical (unpaired) electrons. The Balaban J connectivity index is 2.52. The lowest BCUT2D eigenvalue weighted by Gasteiger charge is -2.25. The molecule has 0 aromatic heterocycles. The number of amides is 1. The van der Waals surface area contributed by atoms with E-state index < -0.39 is 11.7 Å². The van der Waals surface area contributed by atoms with E-state index in [2.05, 4.69) is 40.4 Å². The summed E-state index contributed by atoms with van der Waals surface area (Å²) in [5.74, 6) is 0.0301. The van der Waals surface area contributed by atoms with Crippen molar-refractivity contribution in [2.75, 3.05) is 6.54 Å². The molecule has 23 heavy (non-hydrogen) atoms. The van der Waals surface area contributed by atoms with Crippen molar-refractivity contribution in [3.63, 3.8) is 0 Å². The van der Waals surface area contributed by atoms with Crippen LogP contribution in [0.15, 0.2) is 22.7 Å². The van der Waals surface area contributed by atoms with Gasteiger partial charge in [-0.3, -0.25) is 0 Å². The van der Waals surface area contributed by atoms with Gasteiger partial charge in [-0.15, -0.1) is 0 Å². The molecule has 1 unspecified atom stereocenters. The summed E-state index contributed by atoms with van der Waals surface area (Å²) < 4.78 is 19.2. The van der Waals surface area contributed by atoms with Crippen molar-refractivity contribution in [1.29, 1.82) is 0 Å². The van der Waals surface area contributed by atoms with Crippen molar-refractivity contribution < 1.29 is 13.9 Å². The Labute approximate surface area is 146 Å². The van der Waals surface area contributed by atoms with Gasteiger partial charge in [-0.2, -0.15) is 0 Å².